The Morgan fingerprint density at radius 3 is 2.82 bits per heavy atom. The predicted octanol–water partition coefficient (Wildman–Crippen LogP) is 3.91. The van der Waals surface area contributed by atoms with Crippen molar-refractivity contribution in [3.8, 4) is 0 Å². The van der Waals surface area contributed by atoms with Crippen molar-refractivity contribution in [1.29, 1.82) is 0 Å². The Morgan fingerprint density at radius 1 is 1.47 bits per heavy atom. The first-order valence-corrected chi connectivity index (χ1v) is 7.02. The van der Waals surface area contributed by atoms with Gasteiger partial charge in [-0.1, -0.05) is 29.8 Å². The molecule has 1 nitrogen and oxygen atoms in total. The minimum atomic E-state index is -0.153. The fourth-order valence-electron chi connectivity index (χ4n) is 2.70. The second-order valence-corrected chi connectivity index (χ2v) is 6.11. The summed E-state index contributed by atoms with van der Waals surface area (Å²) in [6.07, 6.45) is 3.28. The van der Waals surface area contributed by atoms with Crippen LogP contribution in [0.15, 0.2) is 22.7 Å². The van der Waals surface area contributed by atoms with E-state index >= 15 is 0 Å². The summed E-state index contributed by atoms with van der Waals surface area (Å²) in [7, 11) is 0. The molecule has 0 aromatic heterocycles. The first-order valence-electron chi connectivity index (χ1n) is 6.22. The van der Waals surface area contributed by atoms with E-state index in [9.17, 15) is 4.39 Å². The SMILES string of the molecule is CC(C)C1(Cc2cc(F)ccc2Br)CCCN1. The molecule has 0 amide bonds. The Morgan fingerprint density at radius 2 is 2.24 bits per heavy atom. The van der Waals surface area contributed by atoms with E-state index < -0.39 is 0 Å². The molecule has 3 heteroatoms. The Labute approximate surface area is 111 Å². The minimum Gasteiger partial charge on any atom is -0.311 e. The first-order chi connectivity index (χ1) is 8.03. The van der Waals surface area contributed by atoms with Gasteiger partial charge in [0.05, 0.1) is 0 Å². The van der Waals surface area contributed by atoms with Crippen LogP contribution < -0.4 is 5.32 Å². The average Bonchev–Trinajstić information content (AvgIpc) is 2.73. The van der Waals surface area contributed by atoms with E-state index in [0.717, 1.165) is 23.0 Å². The van der Waals surface area contributed by atoms with E-state index in [1.54, 1.807) is 12.1 Å². The summed E-state index contributed by atoms with van der Waals surface area (Å²) in [5.74, 6) is 0.403. The highest BCUT2D eigenvalue weighted by molar-refractivity contribution is 9.10. The Bertz CT molecular complexity index is 397. The van der Waals surface area contributed by atoms with Crippen LogP contribution in [-0.4, -0.2) is 12.1 Å². The summed E-state index contributed by atoms with van der Waals surface area (Å²) in [4.78, 5) is 0. The van der Waals surface area contributed by atoms with Crippen LogP contribution in [0.2, 0.25) is 0 Å². The third-order valence-electron chi connectivity index (χ3n) is 3.90. The van der Waals surface area contributed by atoms with E-state index in [4.69, 9.17) is 0 Å². The van der Waals surface area contributed by atoms with Crippen LogP contribution in [0.4, 0.5) is 4.39 Å². The molecule has 1 aliphatic heterocycles. The largest absolute Gasteiger partial charge is 0.311 e. The van der Waals surface area contributed by atoms with E-state index in [-0.39, 0.29) is 11.4 Å². The Hall–Kier alpha value is -0.410. The zero-order valence-corrected chi connectivity index (χ0v) is 12.0. The highest BCUT2D eigenvalue weighted by Crippen LogP contribution is 2.33. The molecule has 94 valence electrons. The highest BCUT2D eigenvalue weighted by atomic mass is 79.9. The molecule has 0 aliphatic carbocycles. The third kappa shape index (κ3) is 2.71. The van der Waals surface area contributed by atoms with Gasteiger partial charge in [-0.2, -0.15) is 0 Å². The van der Waals surface area contributed by atoms with Crippen molar-refractivity contribution in [2.75, 3.05) is 6.54 Å². The summed E-state index contributed by atoms with van der Waals surface area (Å²) < 4.78 is 14.3. The van der Waals surface area contributed by atoms with Gasteiger partial charge in [-0.25, -0.2) is 4.39 Å². The maximum atomic E-state index is 13.3. The lowest BCUT2D eigenvalue weighted by Crippen LogP contribution is -2.46. The number of halogens is 2. The number of nitrogens with one attached hydrogen (secondary N) is 1. The van der Waals surface area contributed by atoms with Gasteiger partial charge in [-0.05, 0) is 55.5 Å². The molecule has 1 atom stereocenters. The number of hydrogen-bond acceptors (Lipinski definition) is 1. The molecule has 1 heterocycles. The molecule has 1 aliphatic rings. The molecular weight excluding hydrogens is 281 g/mol. The van der Waals surface area contributed by atoms with Crippen molar-refractivity contribution in [3.05, 3.63) is 34.1 Å². The van der Waals surface area contributed by atoms with Gasteiger partial charge < -0.3 is 5.32 Å². The van der Waals surface area contributed by atoms with Crippen molar-refractivity contribution < 1.29 is 4.39 Å². The lowest BCUT2D eigenvalue weighted by molar-refractivity contribution is 0.269. The smallest absolute Gasteiger partial charge is 0.123 e. The molecular formula is C14H19BrFN. The molecule has 1 fully saturated rings. The number of hydrogen-bond donors (Lipinski definition) is 1. The van der Waals surface area contributed by atoms with E-state index in [2.05, 4.69) is 35.1 Å². The molecule has 0 bridgehead atoms. The zero-order valence-electron chi connectivity index (χ0n) is 10.4. The van der Waals surface area contributed by atoms with Crippen LogP contribution in [0.3, 0.4) is 0 Å². The first kappa shape index (κ1) is 13.0. The fraction of sp³-hybridized carbons (Fsp3) is 0.571. The van der Waals surface area contributed by atoms with Gasteiger partial charge in [0.1, 0.15) is 5.82 Å². The normalized spacial score (nSPS) is 24.5. The van der Waals surface area contributed by atoms with Crippen LogP contribution in [0.5, 0.6) is 0 Å². The Kier molecular flexibility index (Phi) is 3.88. The molecule has 0 spiro atoms. The summed E-state index contributed by atoms with van der Waals surface area (Å²) >= 11 is 3.52. The molecule has 17 heavy (non-hydrogen) atoms. The summed E-state index contributed by atoms with van der Waals surface area (Å²) in [5.41, 5.74) is 1.20. The number of rotatable bonds is 3. The average molecular weight is 300 g/mol. The molecule has 0 saturated carbocycles. The van der Waals surface area contributed by atoms with Crippen LogP contribution >= 0.6 is 15.9 Å². The molecule has 1 saturated heterocycles. The molecule has 0 radical (unpaired) electrons. The topological polar surface area (TPSA) is 12.0 Å². The second-order valence-electron chi connectivity index (χ2n) is 5.25. The molecule has 1 aromatic carbocycles. The van der Waals surface area contributed by atoms with Crippen molar-refractivity contribution in [2.24, 2.45) is 5.92 Å². The third-order valence-corrected chi connectivity index (χ3v) is 4.67. The van der Waals surface area contributed by atoms with Crippen LogP contribution in [-0.2, 0) is 6.42 Å². The van der Waals surface area contributed by atoms with Gasteiger partial charge in [-0.15, -0.1) is 0 Å². The molecule has 1 N–H and O–H groups in total. The van der Waals surface area contributed by atoms with E-state index in [1.165, 1.54) is 18.9 Å². The van der Waals surface area contributed by atoms with Gasteiger partial charge >= 0.3 is 0 Å². The monoisotopic (exact) mass is 299 g/mol. The van der Waals surface area contributed by atoms with Gasteiger partial charge in [0, 0.05) is 10.0 Å². The second kappa shape index (κ2) is 5.07. The van der Waals surface area contributed by atoms with Gasteiger partial charge in [0.15, 0.2) is 0 Å². The molecule has 1 aromatic rings. The van der Waals surface area contributed by atoms with Crippen LogP contribution in [0, 0.1) is 11.7 Å². The standard InChI is InChI=1S/C14H19BrFN/c1-10(2)14(6-3-7-17-14)9-11-8-12(16)4-5-13(11)15/h4-5,8,10,17H,3,6-7,9H2,1-2H3. The summed E-state index contributed by atoms with van der Waals surface area (Å²) in [6.45, 7) is 5.56. The Balaban J connectivity index is 2.26. The van der Waals surface area contributed by atoms with Gasteiger partial charge in [0.2, 0.25) is 0 Å². The van der Waals surface area contributed by atoms with Crippen molar-refractivity contribution >= 4 is 15.9 Å². The quantitative estimate of drug-likeness (QED) is 0.892. The molecule has 2 rings (SSSR count). The van der Waals surface area contributed by atoms with Crippen molar-refractivity contribution in [2.45, 2.75) is 38.6 Å². The van der Waals surface area contributed by atoms with Crippen LogP contribution in [0.25, 0.3) is 0 Å². The van der Waals surface area contributed by atoms with E-state index in [1.807, 2.05) is 0 Å². The van der Waals surface area contributed by atoms with Gasteiger partial charge in [-0.3, -0.25) is 0 Å². The predicted molar refractivity (Wildman–Crippen MR) is 72.6 cm³/mol. The summed E-state index contributed by atoms with van der Waals surface area (Å²) in [6, 6.07) is 4.94. The van der Waals surface area contributed by atoms with E-state index in [0.29, 0.717) is 5.92 Å². The highest BCUT2D eigenvalue weighted by Gasteiger charge is 2.36. The maximum absolute atomic E-state index is 13.3. The minimum absolute atomic E-state index is 0.135. The lowest BCUT2D eigenvalue weighted by atomic mass is 9.80. The zero-order chi connectivity index (χ0) is 12.5. The van der Waals surface area contributed by atoms with Gasteiger partial charge in [0.25, 0.3) is 0 Å². The lowest BCUT2D eigenvalue weighted by Gasteiger charge is -2.34. The molecule has 1 unspecified atom stereocenters. The van der Waals surface area contributed by atoms with Crippen molar-refractivity contribution in [1.82, 2.24) is 5.32 Å². The summed E-state index contributed by atoms with van der Waals surface area (Å²) in [5, 5.41) is 3.62. The maximum Gasteiger partial charge on any atom is 0.123 e. The number of benzene rings is 1. The van der Waals surface area contributed by atoms with Crippen molar-refractivity contribution in [3.63, 3.8) is 0 Å². The fourth-order valence-corrected chi connectivity index (χ4v) is 3.08. The van der Waals surface area contributed by atoms with Crippen LogP contribution in [0.1, 0.15) is 32.3 Å².